The molecule has 5 aromatic rings. The number of aryl methyl sites for hydroxylation is 1. The zero-order valence-corrected chi connectivity index (χ0v) is 50.4. The molecule has 0 bridgehead atoms. The number of nitrogens with one attached hydrogen (secondary N) is 3. The van der Waals surface area contributed by atoms with Crippen molar-refractivity contribution < 1.29 is 43.1 Å². The average Bonchev–Trinajstić information content (AvgIpc) is 1.58. The van der Waals surface area contributed by atoms with E-state index < -0.39 is 41.2 Å². The third-order valence-electron chi connectivity index (χ3n) is 20.2. The number of aliphatic hydroxyl groups excluding tert-OH is 1. The number of halogens is 1. The Bertz CT molecular complexity index is 3600. The van der Waals surface area contributed by atoms with Gasteiger partial charge in [-0.3, -0.25) is 38.5 Å². The molecule has 20 nitrogen and oxygen atoms in total. The van der Waals surface area contributed by atoms with Crippen LogP contribution in [-0.4, -0.2) is 163 Å². The van der Waals surface area contributed by atoms with Crippen LogP contribution in [0.1, 0.15) is 159 Å². The molecule has 8 heterocycles. The highest BCUT2D eigenvalue weighted by atomic mass is 19.1. The van der Waals surface area contributed by atoms with Crippen molar-refractivity contribution in [2.75, 3.05) is 67.5 Å². The van der Waals surface area contributed by atoms with Crippen molar-refractivity contribution in [1.82, 2.24) is 44.8 Å². The summed E-state index contributed by atoms with van der Waals surface area (Å²) in [5.41, 5.74) is 5.97. The number of hydrogen-bond acceptors (Lipinski definition) is 13. The number of pyridine rings is 1. The number of rotatable bonds is 12. The molecule has 2 saturated carbocycles. The molecule has 21 heteroatoms. The Morgan fingerprint density at radius 2 is 1.41 bits per heavy atom. The second-order valence-corrected chi connectivity index (χ2v) is 26.2. The number of imidazole rings is 1. The van der Waals surface area contributed by atoms with Crippen LogP contribution >= 0.6 is 0 Å². The van der Waals surface area contributed by atoms with Gasteiger partial charge in [-0.1, -0.05) is 18.6 Å². The molecule has 2 unspecified atom stereocenters. The van der Waals surface area contributed by atoms with E-state index in [0.717, 1.165) is 53.3 Å². The first kappa shape index (κ1) is 58.2. The number of hydrogen-bond donors (Lipinski definition) is 4. The number of amides is 7. The molecule has 6 fully saturated rings. The van der Waals surface area contributed by atoms with Crippen molar-refractivity contribution in [1.29, 1.82) is 0 Å². The average molecular weight is 1190 g/mol. The molecule has 6 aliphatic heterocycles. The number of aliphatic hydroxyl groups is 1. The van der Waals surface area contributed by atoms with Gasteiger partial charge in [0.05, 0.1) is 39.8 Å². The van der Waals surface area contributed by atoms with E-state index in [1.807, 2.05) is 54.2 Å². The van der Waals surface area contributed by atoms with E-state index in [9.17, 15) is 33.9 Å². The van der Waals surface area contributed by atoms with Crippen LogP contribution in [0.2, 0.25) is 0 Å². The van der Waals surface area contributed by atoms with Crippen LogP contribution in [0.15, 0.2) is 60.9 Å². The molecular formula is C66H79FN12O8. The largest absolute Gasteiger partial charge is 0.374 e. The lowest BCUT2D eigenvalue weighted by Gasteiger charge is -2.48. The van der Waals surface area contributed by atoms with Crippen molar-refractivity contribution in [2.45, 2.75) is 160 Å². The zero-order valence-electron chi connectivity index (χ0n) is 50.4. The molecule has 2 aliphatic carbocycles. The predicted molar refractivity (Wildman–Crippen MR) is 326 cm³/mol. The van der Waals surface area contributed by atoms with Gasteiger partial charge in [-0.15, -0.1) is 0 Å². The lowest BCUT2D eigenvalue weighted by molar-refractivity contribution is -0.143. The van der Waals surface area contributed by atoms with E-state index in [1.165, 1.54) is 31.4 Å². The molecular weight excluding hydrogens is 1110 g/mol. The van der Waals surface area contributed by atoms with E-state index >= 15 is 9.18 Å². The standard InChI is InChI=1S/C66H79FN12O8/c1-37(2)69-59(81)47-34-52(50(67)29-39(47)5)71-58-57-53(68-36-77(57)38(3)4)35-51(70-58)42-13-16-49-55(30-42)78(45-31-44(32-45)73-21-7-6-8-22-73)65(87)66(49)19-23-75(24-20-66)61(83)40-9-11-41(12-10-40)62(84)76-27-25-74(26-28-76)43-14-15-46-48(33-43)64(86)79(63(46)85)54-17-18-56(80)72-60(54)82/h13-16,29-30,33-38,40-41,44-45,54,56,80H,6-12,17-28,31-32H2,1-5H3,(H,69,81)(H,70,71)(H,72,82). The third kappa shape index (κ3) is 10.5. The smallest absolute Gasteiger partial charge is 0.262 e. The monoisotopic (exact) mass is 1190 g/mol. The van der Waals surface area contributed by atoms with Gasteiger partial charge < -0.3 is 50.1 Å². The molecule has 3 aromatic carbocycles. The van der Waals surface area contributed by atoms with Crippen molar-refractivity contribution in [2.24, 2.45) is 11.8 Å². The van der Waals surface area contributed by atoms with Gasteiger partial charge in [-0.2, -0.15) is 0 Å². The summed E-state index contributed by atoms with van der Waals surface area (Å²) in [5.74, 6) is -2.16. The van der Waals surface area contributed by atoms with Crippen LogP contribution in [0, 0.1) is 24.6 Å². The topological polar surface area (TPSA) is 226 Å². The number of benzene rings is 3. The Morgan fingerprint density at radius 1 is 0.736 bits per heavy atom. The van der Waals surface area contributed by atoms with Gasteiger partial charge in [0, 0.05) is 97.8 Å². The molecule has 1 spiro atoms. The molecule has 87 heavy (non-hydrogen) atoms. The summed E-state index contributed by atoms with van der Waals surface area (Å²) < 4.78 is 18.0. The van der Waals surface area contributed by atoms with Gasteiger partial charge in [-0.05, 0) is 178 Å². The van der Waals surface area contributed by atoms with Crippen molar-refractivity contribution in [3.05, 3.63) is 94.6 Å². The van der Waals surface area contributed by atoms with Crippen molar-refractivity contribution in [3.63, 3.8) is 0 Å². The van der Waals surface area contributed by atoms with E-state index in [-0.39, 0.29) is 83.2 Å². The maximum Gasteiger partial charge on any atom is 0.262 e. The number of carbonyl (C=O) groups excluding carboxylic acids is 7. The van der Waals surface area contributed by atoms with Crippen LogP contribution < -0.4 is 25.8 Å². The summed E-state index contributed by atoms with van der Waals surface area (Å²) in [5, 5.41) is 18.5. The van der Waals surface area contributed by atoms with E-state index in [0.29, 0.717) is 118 Å². The van der Waals surface area contributed by atoms with Crippen molar-refractivity contribution in [3.8, 4) is 11.3 Å². The Morgan fingerprint density at radius 3 is 2.08 bits per heavy atom. The molecule has 458 valence electrons. The van der Waals surface area contributed by atoms with Gasteiger partial charge in [0.2, 0.25) is 23.6 Å². The number of fused-ring (bicyclic) bond motifs is 4. The second kappa shape index (κ2) is 23.1. The highest BCUT2D eigenvalue weighted by molar-refractivity contribution is 6.23. The molecule has 13 rings (SSSR count). The van der Waals surface area contributed by atoms with Crippen LogP contribution in [0.25, 0.3) is 22.3 Å². The fourth-order valence-electron chi connectivity index (χ4n) is 15.3. The van der Waals surface area contributed by atoms with E-state index in [4.69, 9.17) is 9.97 Å². The minimum Gasteiger partial charge on any atom is -0.374 e. The minimum absolute atomic E-state index is 0.00320. The van der Waals surface area contributed by atoms with E-state index in [2.05, 4.69) is 42.8 Å². The van der Waals surface area contributed by atoms with Gasteiger partial charge in [0.15, 0.2) is 5.82 Å². The Hall–Kier alpha value is -7.78. The predicted octanol–water partition coefficient (Wildman–Crippen LogP) is 7.58. The van der Waals surface area contributed by atoms with Crippen LogP contribution in [0.3, 0.4) is 0 Å². The van der Waals surface area contributed by atoms with Crippen molar-refractivity contribution >= 4 is 75.3 Å². The summed E-state index contributed by atoms with van der Waals surface area (Å²) in [6.07, 6.45) is 10.0. The number of carbonyl (C=O) groups is 7. The highest BCUT2D eigenvalue weighted by Crippen LogP contribution is 2.53. The molecule has 8 aliphatic rings. The number of imide groups is 1. The second-order valence-electron chi connectivity index (χ2n) is 26.2. The normalized spacial score (nSPS) is 24.9. The SMILES string of the molecule is Cc1cc(F)c(Nc2nc(-c3ccc4c(c3)N(C3CC(N5CCCCC5)C3)C(=O)C43CCN(C(=O)C4CCC(C(=O)N5CCN(c6ccc7c(c6)C(=O)N(C6CCC(O)NC6=O)C7=O)CC5)CC4)CC3)cc3ncn(C(C)C)c23)cc1C(=O)NC(C)C. The Kier molecular flexibility index (Phi) is 15.4. The summed E-state index contributed by atoms with van der Waals surface area (Å²) >= 11 is 0. The fraction of sp³-hybridized carbons (Fsp3) is 0.530. The molecule has 4 saturated heterocycles. The van der Waals surface area contributed by atoms with Crippen LogP contribution in [-0.2, 0) is 24.6 Å². The fourth-order valence-corrected chi connectivity index (χ4v) is 15.3. The van der Waals surface area contributed by atoms with E-state index in [1.54, 1.807) is 31.5 Å². The number of anilines is 4. The Balaban J connectivity index is 0.681. The lowest BCUT2D eigenvalue weighted by Crippen LogP contribution is -2.58. The maximum absolute atomic E-state index is 16.0. The maximum atomic E-state index is 16.0. The number of piperazine rings is 1. The van der Waals surface area contributed by atoms with Crippen LogP contribution in [0.4, 0.5) is 27.3 Å². The number of aromatic nitrogens is 3. The first-order chi connectivity index (χ1) is 41.8. The number of likely N-dealkylation sites (tertiary alicyclic amines) is 2. The zero-order chi connectivity index (χ0) is 60.7. The first-order valence-electron chi connectivity index (χ1n) is 31.7. The first-order valence-corrected chi connectivity index (χ1v) is 31.7. The lowest BCUT2D eigenvalue weighted by atomic mass is 9.72. The van der Waals surface area contributed by atoms with Gasteiger partial charge in [0.25, 0.3) is 17.7 Å². The molecule has 0 radical (unpaired) electrons. The van der Waals surface area contributed by atoms with Crippen LogP contribution in [0.5, 0.6) is 0 Å². The third-order valence-corrected chi connectivity index (χ3v) is 20.2. The van der Waals surface area contributed by atoms with Gasteiger partial charge in [0.1, 0.15) is 23.6 Å². The molecule has 2 atom stereocenters. The summed E-state index contributed by atoms with van der Waals surface area (Å²) in [6.45, 7) is 14.7. The number of piperidine rings is 3. The number of nitrogens with zero attached hydrogens (tertiary/aromatic N) is 9. The Labute approximate surface area is 506 Å². The minimum atomic E-state index is -1.00. The summed E-state index contributed by atoms with van der Waals surface area (Å²) in [7, 11) is 0. The highest BCUT2D eigenvalue weighted by Gasteiger charge is 2.56. The molecule has 7 amide bonds. The van der Waals surface area contributed by atoms with Gasteiger partial charge >= 0.3 is 0 Å². The molecule has 2 aromatic heterocycles. The molecule has 4 N–H and O–H groups in total. The summed E-state index contributed by atoms with van der Waals surface area (Å²) in [4.78, 5) is 118. The van der Waals surface area contributed by atoms with Gasteiger partial charge in [-0.25, -0.2) is 14.4 Å². The summed E-state index contributed by atoms with van der Waals surface area (Å²) in [6, 6.07) is 15.5. The quantitative estimate of drug-likeness (QED) is 0.0885.